The Morgan fingerprint density at radius 1 is 1.36 bits per heavy atom. The molecule has 0 atom stereocenters. The lowest BCUT2D eigenvalue weighted by Gasteiger charge is -2.05. The normalized spacial score (nSPS) is 10.8. The van der Waals surface area contributed by atoms with Crippen molar-refractivity contribution in [3.63, 3.8) is 0 Å². The Morgan fingerprint density at radius 3 is 2.77 bits per heavy atom. The number of fused-ring (bicyclic) bond motifs is 1. The average molecular weight is 318 g/mol. The standard InChI is InChI=1S/C15H11FN2O3S/c1-2-21-15(20)13-14(19)11-10(7-17-13)22-18-12(11)8-3-5-9(16)6-4-8/h3-7,19H,2H2,1H3. The van der Waals surface area contributed by atoms with Gasteiger partial charge in [-0.2, -0.15) is 4.37 Å². The maximum absolute atomic E-state index is 13.0. The van der Waals surface area contributed by atoms with Crippen LogP contribution < -0.4 is 0 Å². The van der Waals surface area contributed by atoms with Crippen molar-refractivity contribution in [3.8, 4) is 17.0 Å². The number of aromatic hydroxyl groups is 1. The smallest absolute Gasteiger partial charge is 0.360 e. The molecule has 0 amide bonds. The van der Waals surface area contributed by atoms with Gasteiger partial charge in [0, 0.05) is 11.8 Å². The van der Waals surface area contributed by atoms with E-state index in [1.54, 1.807) is 19.1 Å². The first kappa shape index (κ1) is 14.4. The second kappa shape index (κ2) is 5.69. The number of esters is 1. The first-order chi connectivity index (χ1) is 10.6. The van der Waals surface area contributed by atoms with Gasteiger partial charge in [0.1, 0.15) is 5.82 Å². The van der Waals surface area contributed by atoms with E-state index in [1.165, 1.54) is 18.3 Å². The minimum absolute atomic E-state index is 0.155. The summed E-state index contributed by atoms with van der Waals surface area (Å²) in [4.78, 5) is 15.7. The summed E-state index contributed by atoms with van der Waals surface area (Å²) in [6, 6.07) is 5.75. The SMILES string of the molecule is CCOC(=O)c1ncc2snc(-c3ccc(F)cc3)c2c1O. The van der Waals surface area contributed by atoms with E-state index in [-0.39, 0.29) is 23.9 Å². The van der Waals surface area contributed by atoms with E-state index in [9.17, 15) is 14.3 Å². The Kier molecular flexibility index (Phi) is 3.72. The van der Waals surface area contributed by atoms with Crippen molar-refractivity contribution in [2.24, 2.45) is 0 Å². The van der Waals surface area contributed by atoms with Crippen molar-refractivity contribution in [1.82, 2.24) is 9.36 Å². The molecule has 0 fully saturated rings. The third kappa shape index (κ3) is 2.39. The Morgan fingerprint density at radius 2 is 2.09 bits per heavy atom. The summed E-state index contributed by atoms with van der Waals surface area (Å²) in [7, 11) is 0. The first-order valence-electron chi connectivity index (χ1n) is 6.52. The van der Waals surface area contributed by atoms with Gasteiger partial charge in [-0.3, -0.25) is 0 Å². The Hall–Kier alpha value is -2.54. The maximum Gasteiger partial charge on any atom is 0.360 e. The van der Waals surface area contributed by atoms with Crippen molar-refractivity contribution < 1.29 is 19.0 Å². The van der Waals surface area contributed by atoms with Gasteiger partial charge in [-0.15, -0.1) is 0 Å². The average Bonchev–Trinajstić information content (AvgIpc) is 2.93. The molecule has 1 aromatic carbocycles. The van der Waals surface area contributed by atoms with Crippen molar-refractivity contribution in [1.29, 1.82) is 0 Å². The Balaban J connectivity index is 2.18. The number of ether oxygens (including phenoxy) is 1. The highest BCUT2D eigenvalue weighted by Crippen LogP contribution is 2.38. The Bertz CT molecular complexity index is 846. The van der Waals surface area contributed by atoms with Crippen LogP contribution in [0.4, 0.5) is 4.39 Å². The van der Waals surface area contributed by atoms with Crippen LogP contribution in [0.1, 0.15) is 17.4 Å². The molecule has 0 saturated heterocycles. The van der Waals surface area contributed by atoms with E-state index in [4.69, 9.17) is 4.74 Å². The van der Waals surface area contributed by atoms with E-state index in [2.05, 4.69) is 9.36 Å². The molecule has 2 aromatic heterocycles. The second-order valence-corrected chi connectivity index (χ2v) is 5.26. The lowest BCUT2D eigenvalue weighted by molar-refractivity contribution is 0.0516. The van der Waals surface area contributed by atoms with Gasteiger partial charge in [0.2, 0.25) is 0 Å². The molecule has 2 heterocycles. The quantitative estimate of drug-likeness (QED) is 0.750. The minimum Gasteiger partial charge on any atom is -0.505 e. The van der Waals surface area contributed by atoms with Gasteiger partial charge in [0.25, 0.3) is 0 Å². The molecule has 0 saturated carbocycles. The monoisotopic (exact) mass is 318 g/mol. The lowest BCUT2D eigenvalue weighted by Crippen LogP contribution is -2.07. The molecule has 0 bridgehead atoms. The fourth-order valence-electron chi connectivity index (χ4n) is 2.08. The van der Waals surface area contributed by atoms with Crippen LogP contribution in [0, 0.1) is 5.82 Å². The molecule has 5 nitrogen and oxygen atoms in total. The zero-order valence-electron chi connectivity index (χ0n) is 11.5. The van der Waals surface area contributed by atoms with Crippen LogP contribution in [0.5, 0.6) is 5.75 Å². The highest BCUT2D eigenvalue weighted by molar-refractivity contribution is 7.13. The van der Waals surface area contributed by atoms with Gasteiger partial charge in [-0.25, -0.2) is 14.2 Å². The molecule has 7 heteroatoms. The van der Waals surface area contributed by atoms with Crippen molar-refractivity contribution in [3.05, 3.63) is 42.0 Å². The van der Waals surface area contributed by atoms with E-state index in [0.29, 0.717) is 21.3 Å². The molecule has 22 heavy (non-hydrogen) atoms. The molecular weight excluding hydrogens is 307 g/mol. The summed E-state index contributed by atoms with van der Waals surface area (Å²) in [6.45, 7) is 1.86. The molecule has 0 radical (unpaired) electrons. The fourth-order valence-corrected chi connectivity index (χ4v) is 2.85. The third-order valence-corrected chi connectivity index (χ3v) is 3.86. The molecule has 3 aromatic rings. The molecule has 0 aliphatic heterocycles. The van der Waals surface area contributed by atoms with Gasteiger partial charge in [0.15, 0.2) is 11.4 Å². The van der Waals surface area contributed by atoms with Gasteiger partial charge >= 0.3 is 5.97 Å². The van der Waals surface area contributed by atoms with Crippen molar-refractivity contribution >= 4 is 27.6 Å². The number of carbonyl (C=O) groups excluding carboxylic acids is 1. The molecule has 0 aliphatic carbocycles. The van der Waals surface area contributed by atoms with Crippen molar-refractivity contribution in [2.45, 2.75) is 6.92 Å². The molecule has 0 aliphatic rings. The van der Waals surface area contributed by atoms with Crippen LogP contribution >= 0.6 is 11.5 Å². The summed E-state index contributed by atoms with van der Waals surface area (Å²) < 4.78 is 22.8. The van der Waals surface area contributed by atoms with Gasteiger partial charge in [-0.05, 0) is 42.7 Å². The highest BCUT2D eigenvalue weighted by Gasteiger charge is 2.21. The van der Waals surface area contributed by atoms with Crippen LogP contribution in [-0.2, 0) is 4.74 Å². The first-order valence-corrected chi connectivity index (χ1v) is 7.29. The van der Waals surface area contributed by atoms with Gasteiger partial charge in [-0.1, -0.05) is 0 Å². The van der Waals surface area contributed by atoms with Crippen LogP contribution in [-0.4, -0.2) is 27.0 Å². The number of nitrogens with zero attached hydrogens (tertiary/aromatic N) is 2. The Labute approximate surface area is 129 Å². The van der Waals surface area contributed by atoms with E-state index in [1.807, 2.05) is 0 Å². The summed E-state index contributed by atoms with van der Waals surface area (Å²) >= 11 is 1.14. The zero-order chi connectivity index (χ0) is 15.7. The van der Waals surface area contributed by atoms with Crippen LogP contribution in [0.2, 0.25) is 0 Å². The van der Waals surface area contributed by atoms with Crippen LogP contribution in [0.25, 0.3) is 21.3 Å². The summed E-state index contributed by atoms with van der Waals surface area (Å²) in [5, 5.41) is 10.8. The lowest BCUT2D eigenvalue weighted by atomic mass is 10.1. The number of rotatable bonds is 3. The fraction of sp³-hybridized carbons (Fsp3) is 0.133. The zero-order valence-corrected chi connectivity index (χ0v) is 12.4. The summed E-state index contributed by atoms with van der Waals surface area (Å²) in [6.07, 6.45) is 1.46. The topological polar surface area (TPSA) is 72.3 Å². The highest BCUT2D eigenvalue weighted by atomic mass is 32.1. The number of pyridine rings is 1. The largest absolute Gasteiger partial charge is 0.505 e. The minimum atomic E-state index is -0.696. The van der Waals surface area contributed by atoms with Crippen LogP contribution in [0.15, 0.2) is 30.5 Å². The van der Waals surface area contributed by atoms with E-state index < -0.39 is 5.97 Å². The van der Waals surface area contributed by atoms with E-state index >= 15 is 0 Å². The van der Waals surface area contributed by atoms with Gasteiger partial charge in [0.05, 0.1) is 22.4 Å². The summed E-state index contributed by atoms with van der Waals surface area (Å²) in [5.41, 5.74) is 0.965. The predicted octanol–water partition coefficient (Wildman–Crippen LogP) is 3.38. The molecule has 112 valence electrons. The molecular formula is C15H11FN2O3S. The molecule has 0 unspecified atom stereocenters. The number of hydrogen-bond acceptors (Lipinski definition) is 6. The predicted molar refractivity (Wildman–Crippen MR) is 80.4 cm³/mol. The summed E-state index contributed by atoms with van der Waals surface area (Å²) in [5.74, 6) is -1.33. The number of halogens is 1. The second-order valence-electron chi connectivity index (χ2n) is 4.45. The third-order valence-electron chi connectivity index (χ3n) is 3.08. The number of hydrogen-bond donors (Lipinski definition) is 1. The number of aromatic nitrogens is 2. The number of carbonyl (C=O) groups is 1. The number of benzene rings is 1. The maximum atomic E-state index is 13.0. The molecule has 3 rings (SSSR count). The van der Waals surface area contributed by atoms with E-state index in [0.717, 1.165) is 11.5 Å². The molecule has 0 spiro atoms. The van der Waals surface area contributed by atoms with Gasteiger partial charge < -0.3 is 9.84 Å². The van der Waals surface area contributed by atoms with Crippen molar-refractivity contribution in [2.75, 3.05) is 6.61 Å². The van der Waals surface area contributed by atoms with Crippen LogP contribution in [0.3, 0.4) is 0 Å². The molecule has 1 N–H and O–H groups in total.